The van der Waals surface area contributed by atoms with Crippen LogP contribution in [0.2, 0.25) is 5.02 Å². The van der Waals surface area contributed by atoms with Gasteiger partial charge in [-0.05, 0) is 0 Å². The van der Waals surface area contributed by atoms with E-state index >= 15 is 0 Å². The number of hydrogen-bond acceptors (Lipinski definition) is 11. The maximum atomic E-state index is 12.5. The fraction of sp³-hybridized carbons (Fsp3) is 0.375. The quantitative estimate of drug-likeness (QED) is 0.286. The Morgan fingerprint density at radius 1 is 1.19 bits per heavy atom. The monoisotopic (exact) mass is 510 g/mol. The van der Waals surface area contributed by atoms with Crippen LogP contribution in [-0.4, -0.2) is 70.4 Å². The molecule has 0 unspecified atom stereocenters. The summed E-state index contributed by atoms with van der Waals surface area (Å²) in [6.07, 6.45) is 0.952. The van der Waals surface area contributed by atoms with Crippen molar-refractivity contribution in [1.82, 2.24) is 10.2 Å². The molecule has 0 atom stereocenters. The van der Waals surface area contributed by atoms with Crippen LogP contribution in [0, 0.1) is 0 Å². The van der Waals surface area contributed by atoms with Crippen LogP contribution in [0.4, 0.5) is 10.8 Å². The standard InChI is InChI=1S/C16H19ClN4O7S3/c1-26-11-6-10(12(27-2)5-9(11)17)21(31(4,24)25)7-13(22)18-15-19-20-16(30-15)29-8-14(23)28-3/h5-6H,7-8H2,1-4H3,(H,18,19,22). The number of amides is 1. The van der Waals surface area contributed by atoms with Gasteiger partial charge < -0.3 is 14.2 Å². The van der Waals surface area contributed by atoms with Gasteiger partial charge in [0.1, 0.15) is 18.0 Å². The third-order valence-electron chi connectivity index (χ3n) is 3.60. The minimum Gasteiger partial charge on any atom is -0.495 e. The molecule has 1 amide bonds. The van der Waals surface area contributed by atoms with E-state index in [1.807, 2.05) is 0 Å². The largest absolute Gasteiger partial charge is 0.495 e. The number of halogens is 1. The van der Waals surface area contributed by atoms with Gasteiger partial charge in [0.15, 0.2) is 4.34 Å². The fourth-order valence-electron chi connectivity index (χ4n) is 2.21. The van der Waals surface area contributed by atoms with Crippen molar-refractivity contribution in [3.05, 3.63) is 17.2 Å². The second-order valence-electron chi connectivity index (χ2n) is 5.71. The zero-order valence-corrected chi connectivity index (χ0v) is 20.1. The Hall–Kier alpha value is -2.29. The van der Waals surface area contributed by atoms with Crippen molar-refractivity contribution < 1.29 is 32.2 Å². The second kappa shape index (κ2) is 10.8. The van der Waals surface area contributed by atoms with Crippen LogP contribution >= 0.6 is 34.7 Å². The van der Waals surface area contributed by atoms with Gasteiger partial charge in [0, 0.05) is 12.1 Å². The predicted octanol–water partition coefficient (Wildman–Crippen LogP) is 1.88. The Kier molecular flexibility index (Phi) is 8.73. The van der Waals surface area contributed by atoms with Crippen LogP contribution in [0.25, 0.3) is 0 Å². The number of anilines is 2. The summed E-state index contributed by atoms with van der Waals surface area (Å²) in [6, 6.07) is 2.75. The lowest BCUT2D eigenvalue weighted by atomic mass is 10.2. The van der Waals surface area contributed by atoms with Gasteiger partial charge >= 0.3 is 5.97 Å². The van der Waals surface area contributed by atoms with Crippen molar-refractivity contribution in [3.63, 3.8) is 0 Å². The maximum absolute atomic E-state index is 12.5. The molecule has 1 N–H and O–H groups in total. The number of nitrogens with one attached hydrogen (secondary N) is 1. The number of ether oxygens (including phenoxy) is 3. The van der Waals surface area contributed by atoms with E-state index in [0.717, 1.165) is 33.7 Å². The molecule has 0 fully saturated rings. The van der Waals surface area contributed by atoms with Gasteiger partial charge in [-0.2, -0.15) is 0 Å². The smallest absolute Gasteiger partial charge is 0.316 e. The first-order chi connectivity index (χ1) is 14.6. The van der Waals surface area contributed by atoms with Crippen molar-refractivity contribution in [1.29, 1.82) is 0 Å². The highest BCUT2D eigenvalue weighted by atomic mass is 35.5. The molecule has 0 saturated heterocycles. The Morgan fingerprint density at radius 3 is 2.45 bits per heavy atom. The topological polar surface area (TPSA) is 137 Å². The van der Waals surface area contributed by atoms with E-state index in [0.29, 0.717) is 4.34 Å². The highest BCUT2D eigenvalue weighted by molar-refractivity contribution is 8.01. The zero-order valence-electron chi connectivity index (χ0n) is 16.9. The molecular formula is C16H19ClN4O7S3. The zero-order chi connectivity index (χ0) is 23.2. The first kappa shape index (κ1) is 25.0. The number of rotatable bonds is 10. The van der Waals surface area contributed by atoms with Gasteiger partial charge in [-0.1, -0.05) is 34.7 Å². The second-order valence-corrected chi connectivity index (χ2v) is 10.2. The van der Waals surface area contributed by atoms with Crippen LogP contribution in [0.3, 0.4) is 0 Å². The van der Waals surface area contributed by atoms with Gasteiger partial charge in [0.05, 0.1) is 44.0 Å². The summed E-state index contributed by atoms with van der Waals surface area (Å²) in [5, 5.41) is 10.5. The number of carbonyl (C=O) groups is 2. The van der Waals surface area contributed by atoms with Gasteiger partial charge in [-0.3, -0.25) is 19.2 Å². The fourth-order valence-corrected chi connectivity index (χ4v) is 4.89. The first-order valence-electron chi connectivity index (χ1n) is 8.31. The Labute approximate surface area is 192 Å². The first-order valence-corrected chi connectivity index (χ1v) is 12.3. The number of carbonyl (C=O) groups excluding carboxylic acids is 2. The van der Waals surface area contributed by atoms with Crippen LogP contribution in [0.5, 0.6) is 11.5 Å². The molecule has 1 aromatic carbocycles. The average Bonchev–Trinajstić information content (AvgIpc) is 3.16. The molecule has 1 aromatic heterocycles. The molecule has 0 aliphatic heterocycles. The lowest BCUT2D eigenvalue weighted by molar-refractivity contribution is -0.137. The van der Waals surface area contributed by atoms with E-state index in [1.54, 1.807) is 0 Å². The van der Waals surface area contributed by atoms with Crippen molar-refractivity contribution >= 4 is 67.4 Å². The lowest BCUT2D eigenvalue weighted by Crippen LogP contribution is -2.37. The van der Waals surface area contributed by atoms with E-state index in [4.69, 9.17) is 21.1 Å². The molecule has 15 heteroatoms. The summed E-state index contributed by atoms with van der Waals surface area (Å²) in [6.45, 7) is -0.565. The van der Waals surface area contributed by atoms with E-state index in [1.165, 1.54) is 33.5 Å². The van der Waals surface area contributed by atoms with Crippen LogP contribution < -0.4 is 19.1 Å². The number of benzene rings is 1. The Morgan fingerprint density at radius 2 is 1.87 bits per heavy atom. The van der Waals surface area contributed by atoms with Crippen molar-refractivity contribution in [3.8, 4) is 11.5 Å². The van der Waals surface area contributed by atoms with E-state index in [9.17, 15) is 18.0 Å². The third kappa shape index (κ3) is 6.85. The molecule has 0 spiro atoms. The van der Waals surface area contributed by atoms with Crippen LogP contribution in [0.1, 0.15) is 0 Å². The number of aromatic nitrogens is 2. The Bertz CT molecular complexity index is 1060. The average molecular weight is 511 g/mol. The normalized spacial score (nSPS) is 11.0. The summed E-state index contributed by atoms with van der Waals surface area (Å²) in [7, 11) is 0.105. The minimum absolute atomic E-state index is 0.0408. The van der Waals surface area contributed by atoms with Gasteiger partial charge in [-0.25, -0.2) is 8.42 Å². The number of nitrogens with zero attached hydrogens (tertiary/aromatic N) is 3. The van der Waals surface area contributed by atoms with E-state index in [-0.39, 0.29) is 33.1 Å². The molecule has 0 aliphatic rings. The molecule has 2 aromatic rings. The summed E-state index contributed by atoms with van der Waals surface area (Å²) in [5.74, 6) is -0.701. The van der Waals surface area contributed by atoms with Crippen molar-refractivity contribution in [2.45, 2.75) is 4.34 Å². The SMILES string of the molecule is COC(=O)CSc1nnc(NC(=O)CN(c2cc(OC)c(Cl)cc2OC)S(C)(=O)=O)s1. The highest BCUT2D eigenvalue weighted by Crippen LogP contribution is 2.39. The molecule has 0 bridgehead atoms. The number of thioether (sulfide) groups is 1. The van der Waals surface area contributed by atoms with Crippen molar-refractivity contribution in [2.75, 3.05) is 49.5 Å². The van der Waals surface area contributed by atoms with Crippen LogP contribution in [-0.2, 0) is 24.3 Å². The minimum atomic E-state index is -3.89. The maximum Gasteiger partial charge on any atom is 0.316 e. The summed E-state index contributed by atoms with van der Waals surface area (Å²) in [4.78, 5) is 23.7. The Balaban J connectivity index is 2.20. The number of sulfonamides is 1. The summed E-state index contributed by atoms with van der Waals surface area (Å²) < 4.78 is 41.0. The summed E-state index contributed by atoms with van der Waals surface area (Å²) >= 11 is 8.20. The van der Waals surface area contributed by atoms with Gasteiger partial charge in [0.2, 0.25) is 21.1 Å². The third-order valence-corrected chi connectivity index (χ3v) is 6.97. The summed E-state index contributed by atoms with van der Waals surface area (Å²) in [5.41, 5.74) is 0.0768. The molecule has 2 rings (SSSR count). The molecule has 0 saturated carbocycles. The lowest BCUT2D eigenvalue weighted by Gasteiger charge is -2.24. The molecular weight excluding hydrogens is 492 g/mol. The number of esters is 1. The number of hydrogen-bond donors (Lipinski definition) is 1. The molecule has 11 nitrogen and oxygen atoms in total. The molecule has 31 heavy (non-hydrogen) atoms. The molecule has 0 aliphatic carbocycles. The molecule has 1 heterocycles. The van der Waals surface area contributed by atoms with Crippen LogP contribution in [0.15, 0.2) is 16.5 Å². The molecule has 170 valence electrons. The highest BCUT2D eigenvalue weighted by Gasteiger charge is 2.26. The van der Waals surface area contributed by atoms with E-state index < -0.39 is 28.4 Å². The van der Waals surface area contributed by atoms with Crippen molar-refractivity contribution in [2.24, 2.45) is 0 Å². The number of methoxy groups -OCH3 is 3. The van der Waals surface area contributed by atoms with Gasteiger partial charge in [-0.15, -0.1) is 10.2 Å². The van der Waals surface area contributed by atoms with E-state index in [2.05, 4.69) is 20.3 Å². The molecule has 0 radical (unpaired) electrons. The predicted molar refractivity (Wildman–Crippen MR) is 118 cm³/mol. The van der Waals surface area contributed by atoms with Gasteiger partial charge in [0.25, 0.3) is 0 Å².